The van der Waals surface area contributed by atoms with Crippen LogP contribution in [0.25, 0.3) is 0 Å². The molecule has 0 aliphatic carbocycles. The van der Waals surface area contributed by atoms with E-state index in [0.717, 1.165) is 17.9 Å². The minimum Gasteiger partial charge on any atom is -0.492 e. The first-order valence-electron chi connectivity index (χ1n) is 8.83. The molecule has 3 aromatic rings. The SMILES string of the molecule is Cc1cc(C)cc(OCCN(C)Cc2nnc(Cc3ccccc3)o2)c1. The van der Waals surface area contributed by atoms with E-state index in [-0.39, 0.29) is 0 Å². The summed E-state index contributed by atoms with van der Waals surface area (Å²) >= 11 is 0. The van der Waals surface area contributed by atoms with Gasteiger partial charge in [-0.05, 0) is 49.7 Å². The van der Waals surface area contributed by atoms with E-state index in [9.17, 15) is 0 Å². The van der Waals surface area contributed by atoms with Gasteiger partial charge in [-0.25, -0.2) is 0 Å². The van der Waals surface area contributed by atoms with Gasteiger partial charge in [-0.15, -0.1) is 10.2 Å². The van der Waals surface area contributed by atoms with Crippen molar-refractivity contribution in [1.29, 1.82) is 0 Å². The Hall–Kier alpha value is -2.66. The van der Waals surface area contributed by atoms with Crippen LogP contribution in [0.3, 0.4) is 0 Å². The Morgan fingerprint density at radius 1 is 0.962 bits per heavy atom. The highest BCUT2D eigenvalue weighted by Crippen LogP contribution is 2.16. The highest BCUT2D eigenvalue weighted by molar-refractivity contribution is 5.32. The molecule has 0 N–H and O–H groups in total. The molecule has 5 nitrogen and oxygen atoms in total. The fourth-order valence-electron chi connectivity index (χ4n) is 2.84. The summed E-state index contributed by atoms with van der Waals surface area (Å²) in [7, 11) is 2.02. The molecule has 5 heteroatoms. The van der Waals surface area contributed by atoms with E-state index in [1.165, 1.54) is 11.1 Å². The summed E-state index contributed by atoms with van der Waals surface area (Å²) < 4.78 is 11.6. The molecule has 0 spiro atoms. The minimum absolute atomic E-state index is 0.609. The number of rotatable bonds is 8. The second kappa shape index (κ2) is 8.63. The van der Waals surface area contributed by atoms with E-state index in [2.05, 4.69) is 59.3 Å². The predicted octanol–water partition coefficient (Wildman–Crippen LogP) is 3.79. The smallest absolute Gasteiger partial charge is 0.230 e. The summed E-state index contributed by atoms with van der Waals surface area (Å²) in [5.41, 5.74) is 3.59. The third kappa shape index (κ3) is 5.43. The van der Waals surface area contributed by atoms with Crippen LogP contribution in [0.15, 0.2) is 52.9 Å². The number of aromatic nitrogens is 2. The first kappa shape index (κ1) is 18.1. The second-order valence-electron chi connectivity index (χ2n) is 6.66. The van der Waals surface area contributed by atoms with Crippen molar-refractivity contribution in [2.45, 2.75) is 26.8 Å². The first-order valence-corrected chi connectivity index (χ1v) is 8.83. The molecule has 136 valence electrons. The van der Waals surface area contributed by atoms with Gasteiger partial charge in [-0.2, -0.15) is 0 Å². The molecule has 0 bridgehead atoms. The second-order valence-corrected chi connectivity index (χ2v) is 6.66. The third-order valence-corrected chi connectivity index (χ3v) is 4.05. The number of aryl methyl sites for hydroxylation is 2. The van der Waals surface area contributed by atoms with E-state index in [1.54, 1.807) is 0 Å². The van der Waals surface area contributed by atoms with E-state index in [1.807, 2.05) is 25.2 Å². The molecule has 1 aromatic heterocycles. The lowest BCUT2D eigenvalue weighted by Crippen LogP contribution is -2.24. The molecule has 0 saturated carbocycles. The Morgan fingerprint density at radius 2 is 1.65 bits per heavy atom. The summed E-state index contributed by atoms with van der Waals surface area (Å²) in [5.74, 6) is 2.19. The van der Waals surface area contributed by atoms with Crippen molar-refractivity contribution < 1.29 is 9.15 Å². The largest absolute Gasteiger partial charge is 0.492 e. The number of hydrogen-bond acceptors (Lipinski definition) is 5. The van der Waals surface area contributed by atoms with Crippen LogP contribution < -0.4 is 4.74 Å². The van der Waals surface area contributed by atoms with Gasteiger partial charge in [-0.1, -0.05) is 36.4 Å². The van der Waals surface area contributed by atoms with Gasteiger partial charge >= 0.3 is 0 Å². The average Bonchev–Trinajstić information content (AvgIpc) is 3.01. The van der Waals surface area contributed by atoms with Crippen LogP contribution in [-0.4, -0.2) is 35.3 Å². The van der Waals surface area contributed by atoms with Crippen LogP contribution in [0.2, 0.25) is 0 Å². The molecule has 0 fully saturated rings. The maximum atomic E-state index is 5.85. The van der Waals surface area contributed by atoms with E-state index < -0.39 is 0 Å². The lowest BCUT2D eigenvalue weighted by atomic mass is 10.1. The normalized spacial score (nSPS) is 11.1. The zero-order valence-electron chi connectivity index (χ0n) is 15.6. The number of benzene rings is 2. The van der Waals surface area contributed by atoms with Crippen molar-refractivity contribution in [2.24, 2.45) is 0 Å². The molecule has 1 heterocycles. The minimum atomic E-state index is 0.609. The number of hydrogen-bond donors (Lipinski definition) is 0. The van der Waals surface area contributed by atoms with Gasteiger partial charge in [0.05, 0.1) is 13.0 Å². The maximum Gasteiger partial charge on any atom is 0.230 e. The van der Waals surface area contributed by atoms with Crippen molar-refractivity contribution in [2.75, 3.05) is 20.2 Å². The van der Waals surface area contributed by atoms with E-state index >= 15 is 0 Å². The lowest BCUT2D eigenvalue weighted by molar-refractivity contribution is 0.218. The van der Waals surface area contributed by atoms with Crippen molar-refractivity contribution in [1.82, 2.24) is 15.1 Å². The van der Waals surface area contributed by atoms with Crippen molar-refractivity contribution in [3.05, 3.63) is 77.0 Å². The van der Waals surface area contributed by atoms with E-state index in [4.69, 9.17) is 9.15 Å². The van der Waals surface area contributed by atoms with Gasteiger partial charge in [0.15, 0.2) is 0 Å². The molecular formula is C21H25N3O2. The van der Waals surface area contributed by atoms with Crippen molar-refractivity contribution >= 4 is 0 Å². The van der Waals surface area contributed by atoms with Crippen LogP contribution in [0.1, 0.15) is 28.5 Å². The summed E-state index contributed by atoms with van der Waals surface area (Å²) in [6.45, 7) is 6.16. The van der Waals surface area contributed by atoms with Crippen LogP contribution in [0.4, 0.5) is 0 Å². The molecule has 2 aromatic carbocycles. The predicted molar refractivity (Wildman–Crippen MR) is 101 cm³/mol. The van der Waals surface area contributed by atoms with Crippen LogP contribution in [-0.2, 0) is 13.0 Å². The summed E-state index contributed by atoms with van der Waals surface area (Å²) in [5, 5.41) is 8.28. The molecule has 26 heavy (non-hydrogen) atoms. The van der Waals surface area contributed by atoms with Crippen LogP contribution >= 0.6 is 0 Å². The van der Waals surface area contributed by atoms with Gasteiger partial charge in [0, 0.05) is 6.54 Å². The lowest BCUT2D eigenvalue weighted by Gasteiger charge is -2.15. The van der Waals surface area contributed by atoms with Gasteiger partial charge in [0.25, 0.3) is 0 Å². The van der Waals surface area contributed by atoms with Gasteiger partial charge in [0.2, 0.25) is 11.8 Å². The number of nitrogens with zero attached hydrogens (tertiary/aromatic N) is 3. The topological polar surface area (TPSA) is 51.4 Å². The summed E-state index contributed by atoms with van der Waals surface area (Å²) in [6.07, 6.45) is 0.660. The zero-order valence-corrected chi connectivity index (χ0v) is 15.6. The molecular weight excluding hydrogens is 326 g/mol. The Balaban J connectivity index is 1.45. The maximum absolute atomic E-state index is 5.85. The van der Waals surface area contributed by atoms with Crippen molar-refractivity contribution in [3.8, 4) is 5.75 Å². The monoisotopic (exact) mass is 351 g/mol. The fourth-order valence-corrected chi connectivity index (χ4v) is 2.84. The Kier molecular flexibility index (Phi) is 6.02. The first-order chi connectivity index (χ1) is 12.6. The molecule has 0 amide bonds. The fraction of sp³-hybridized carbons (Fsp3) is 0.333. The number of likely N-dealkylation sites (N-methyl/N-ethyl adjacent to an activating group) is 1. The zero-order chi connectivity index (χ0) is 18.4. The van der Waals surface area contributed by atoms with Gasteiger partial charge < -0.3 is 9.15 Å². The number of ether oxygens (including phenoxy) is 1. The van der Waals surface area contributed by atoms with Crippen molar-refractivity contribution in [3.63, 3.8) is 0 Å². The Bertz CT molecular complexity index is 810. The van der Waals surface area contributed by atoms with Gasteiger partial charge in [-0.3, -0.25) is 4.90 Å². The molecule has 0 aliphatic rings. The standard InChI is InChI=1S/C21H25N3O2/c1-16-11-17(2)13-19(12-16)25-10-9-24(3)15-21-23-22-20(26-21)14-18-7-5-4-6-8-18/h4-8,11-13H,9-10,14-15H2,1-3H3. The van der Waals surface area contributed by atoms with E-state index in [0.29, 0.717) is 31.4 Å². The third-order valence-electron chi connectivity index (χ3n) is 4.05. The summed E-state index contributed by atoms with van der Waals surface area (Å²) in [4.78, 5) is 2.11. The van der Waals surface area contributed by atoms with Crippen LogP contribution in [0, 0.1) is 13.8 Å². The molecule has 0 radical (unpaired) electrons. The Labute approximate surface area is 154 Å². The molecule has 0 saturated heterocycles. The quantitative estimate of drug-likeness (QED) is 0.618. The summed E-state index contributed by atoms with van der Waals surface area (Å²) in [6, 6.07) is 16.4. The molecule has 0 unspecified atom stereocenters. The molecule has 0 atom stereocenters. The highest BCUT2D eigenvalue weighted by Gasteiger charge is 2.10. The average molecular weight is 351 g/mol. The molecule has 0 aliphatic heterocycles. The highest BCUT2D eigenvalue weighted by atomic mass is 16.5. The Morgan fingerprint density at radius 3 is 2.38 bits per heavy atom. The molecule has 3 rings (SSSR count). The van der Waals surface area contributed by atoms with Crippen LogP contribution in [0.5, 0.6) is 5.75 Å². The van der Waals surface area contributed by atoms with Gasteiger partial charge in [0.1, 0.15) is 12.4 Å².